The number of benzene rings is 1. The molecule has 112 valence electrons. The summed E-state index contributed by atoms with van der Waals surface area (Å²) in [6.07, 6.45) is 6.84. The third-order valence-electron chi connectivity index (χ3n) is 4.33. The Hall–Kier alpha value is -1.81. The monoisotopic (exact) mass is 285 g/mol. The first-order valence-electron chi connectivity index (χ1n) is 7.66. The van der Waals surface area contributed by atoms with E-state index in [-0.39, 0.29) is 6.04 Å². The smallest absolute Gasteiger partial charge is 0.119 e. The zero-order chi connectivity index (χ0) is 14.7. The van der Waals surface area contributed by atoms with Crippen LogP contribution in [0.1, 0.15) is 35.8 Å². The fraction of sp³-hybridized carbons (Fsp3) is 0.471. The minimum atomic E-state index is 0.264. The van der Waals surface area contributed by atoms with Gasteiger partial charge in [0, 0.05) is 12.2 Å². The molecule has 1 aromatic heterocycles. The Morgan fingerprint density at radius 1 is 1.33 bits per heavy atom. The number of imidazole rings is 1. The Balaban J connectivity index is 1.82. The van der Waals surface area contributed by atoms with Crippen LogP contribution in [-0.4, -0.2) is 23.7 Å². The van der Waals surface area contributed by atoms with Crippen molar-refractivity contribution in [2.75, 3.05) is 14.2 Å². The SMILES string of the molecule is CNC(Cn1cnc2c1CCCC2)c1cccc(OC)c1. The van der Waals surface area contributed by atoms with Gasteiger partial charge in [-0.15, -0.1) is 0 Å². The normalized spacial score (nSPS) is 15.5. The minimum Gasteiger partial charge on any atom is -0.497 e. The maximum Gasteiger partial charge on any atom is 0.119 e. The molecule has 0 radical (unpaired) electrons. The molecule has 3 rings (SSSR count). The van der Waals surface area contributed by atoms with Gasteiger partial charge in [-0.3, -0.25) is 0 Å². The van der Waals surface area contributed by atoms with Crippen LogP contribution in [-0.2, 0) is 19.4 Å². The van der Waals surface area contributed by atoms with Gasteiger partial charge < -0.3 is 14.6 Å². The highest BCUT2D eigenvalue weighted by Crippen LogP contribution is 2.24. The van der Waals surface area contributed by atoms with Crippen LogP contribution in [0.3, 0.4) is 0 Å². The fourth-order valence-electron chi connectivity index (χ4n) is 3.11. The van der Waals surface area contributed by atoms with Crippen LogP contribution in [0.5, 0.6) is 5.75 Å². The third-order valence-corrected chi connectivity index (χ3v) is 4.33. The first kappa shape index (κ1) is 14.1. The summed E-state index contributed by atoms with van der Waals surface area (Å²) in [6.45, 7) is 0.909. The van der Waals surface area contributed by atoms with Gasteiger partial charge in [-0.2, -0.15) is 0 Å². The van der Waals surface area contributed by atoms with E-state index in [0.29, 0.717) is 0 Å². The predicted molar refractivity (Wildman–Crippen MR) is 83.7 cm³/mol. The number of nitrogens with zero attached hydrogens (tertiary/aromatic N) is 2. The number of hydrogen-bond acceptors (Lipinski definition) is 3. The highest BCUT2D eigenvalue weighted by molar-refractivity contribution is 5.30. The Morgan fingerprint density at radius 2 is 2.19 bits per heavy atom. The summed E-state index contributed by atoms with van der Waals surface area (Å²) in [5.41, 5.74) is 3.96. The molecule has 0 spiro atoms. The van der Waals surface area contributed by atoms with Crippen LogP contribution in [0.2, 0.25) is 0 Å². The van der Waals surface area contributed by atoms with Gasteiger partial charge in [0.05, 0.1) is 25.2 Å². The second kappa shape index (κ2) is 6.31. The molecular weight excluding hydrogens is 262 g/mol. The summed E-state index contributed by atoms with van der Waals surface area (Å²) in [7, 11) is 3.72. The molecule has 1 unspecified atom stereocenters. The third kappa shape index (κ3) is 2.95. The van der Waals surface area contributed by atoms with Gasteiger partial charge in [0.15, 0.2) is 0 Å². The van der Waals surface area contributed by atoms with E-state index >= 15 is 0 Å². The van der Waals surface area contributed by atoms with Crippen LogP contribution in [0.25, 0.3) is 0 Å². The van der Waals surface area contributed by atoms with Crippen LogP contribution in [0.15, 0.2) is 30.6 Å². The van der Waals surface area contributed by atoms with E-state index in [1.807, 2.05) is 25.5 Å². The Kier molecular flexibility index (Phi) is 4.25. The number of rotatable bonds is 5. The molecule has 0 amide bonds. The van der Waals surface area contributed by atoms with Crippen molar-refractivity contribution in [3.8, 4) is 5.75 Å². The molecule has 21 heavy (non-hydrogen) atoms. The number of methoxy groups -OCH3 is 1. The zero-order valence-corrected chi connectivity index (χ0v) is 12.8. The molecular formula is C17H23N3O. The van der Waals surface area contributed by atoms with Gasteiger partial charge in [0.25, 0.3) is 0 Å². The van der Waals surface area contributed by atoms with E-state index in [9.17, 15) is 0 Å². The van der Waals surface area contributed by atoms with Crippen molar-refractivity contribution >= 4 is 0 Å². The molecule has 0 bridgehead atoms. The molecule has 0 saturated carbocycles. The van der Waals surface area contributed by atoms with Crippen molar-refractivity contribution in [2.24, 2.45) is 0 Å². The Bertz CT molecular complexity index is 606. The quantitative estimate of drug-likeness (QED) is 0.918. The van der Waals surface area contributed by atoms with Crippen molar-refractivity contribution in [3.63, 3.8) is 0 Å². The molecule has 1 aromatic carbocycles. The second-order valence-electron chi connectivity index (χ2n) is 5.62. The maximum absolute atomic E-state index is 5.33. The standard InChI is InChI=1S/C17H23N3O/c1-18-16(13-6-5-7-14(10-13)21-2)11-20-12-19-15-8-3-4-9-17(15)20/h5-7,10,12,16,18H,3-4,8-9,11H2,1-2H3. The summed E-state index contributed by atoms with van der Waals surface area (Å²) >= 11 is 0. The van der Waals surface area contributed by atoms with Gasteiger partial charge in [0.2, 0.25) is 0 Å². The number of hydrogen-bond donors (Lipinski definition) is 1. The molecule has 1 aliphatic rings. The topological polar surface area (TPSA) is 39.1 Å². The van der Waals surface area contributed by atoms with E-state index in [1.165, 1.54) is 29.8 Å². The average molecular weight is 285 g/mol. The number of nitrogens with one attached hydrogen (secondary N) is 1. The summed E-state index contributed by atoms with van der Waals surface area (Å²) in [6, 6.07) is 8.54. The first-order valence-corrected chi connectivity index (χ1v) is 7.66. The van der Waals surface area contributed by atoms with E-state index < -0.39 is 0 Å². The maximum atomic E-state index is 5.33. The average Bonchev–Trinajstić information content (AvgIpc) is 2.95. The molecule has 1 heterocycles. The van der Waals surface area contributed by atoms with Gasteiger partial charge >= 0.3 is 0 Å². The molecule has 4 nitrogen and oxygen atoms in total. The summed E-state index contributed by atoms with van der Waals surface area (Å²) in [4.78, 5) is 4.58. The summed E-state index contributed by atoms with van der Waals surface area (Å²) < 4.78 is 7.64. The zero-order valence-electron chi connectivity index (χ0n) is 12.8. The molecule has 4 heteroatoms. The van der Waals surface area contributed by atoms with E-state index in [4.69, 9.17) is 4.74 Å². The molecule has 1 aliphatic carbocycles. The second-order valence-corrected chi connectivity index (χ2v) is 5.62. The Labute approximate surface area is 126 Å². The lowest BCUT2D eigenvalue weighted by atomic mass is 10.0. The van der Waals surface area contributed by atoms with Crippen LogP contribution in [0.4, 0.5) is 0 Å². The van der Waals surface area contributed by atoms with Crippen LogP contribution < -0.4 is 10.1 Å². The first-order chi connectivity index (χ1) is 10.3. The van der Waals surface area contributed by atoms with Crippen molar-refractivity contribution in [1.29, 1.82) is 0 Å². The van der Waals surface area contributed by atoms with Crippen LogP contribution >= 0.6 is 0 Å². The van der Waals surface area contributed by atoms with Crippen molar-refractivity contribution in [1.82, 2.24) is 14.9 Å². The highest BCUT2D eigenvalue weighted by Gasteiger charge is 2.18. The summed E-state index contributed by atoms with van der Waals surface area (Å²) in [5, 5.41) is 3.41. The molecule has 0 aliphatic heterocycles. The lowest BCUT2D eigenvalue weighted by Crippen LogP contribution is -2.23. The molecule has 1 N–H and O–H groups in total. The van der Waals surface area contributed by atoms with Crippen molar-refractivity contribution < 1.29 is 4.74 Å². The number of likely N-dealkylation sites (N-methyl/N-ethyl adjacent to an activating group) is 1. The van der Waals surface area contributed by atoms with E-state index in [0.717, 1.165) is 25.1 Å². The fourth-order valence-corrected chi connectivity index (χ4v) is 3.11. The van der Waals surface area contributed by atoms with Gasteiger partial charge in [-0.05, 0) is 50.4 Å². The molecule has 1 atom stereocenters. The number of ether oxygens (including phenoxy) is 1. The van der Waals surface area contributed by atoms with E-state index in [1.54, 1.807) is 7.11 Å². The number of fused-ring (bicyclic) bond motifs is 1. The largest absolute Gasteiger partial charge is 0.497 e. The number of aromatic nitrogens is 2. The van der Waals surface area contributed by atoms with Crippen molar-refractivity contribution in [2.45, 2.75) is 38.3 Å². The highest BCUT2D eigenvalue weighted by atomic mass is 16.5. The number of aryl methyl sites for hydroxylation is 1. The van der Waals surface area contributed by atoms with E-state index in [2.05, 4.69) is 27.0 Å². The molecule has 0 saturated heterocycles. The van der Waals surface area contributed by atoms with Gasteiger partial charge in [0.1, 0.15) is 5.75 Å². The lowest BCUT2D eigenvalue weighted by molar-refractivity contribution is 0.412. The molecule has 0 fully saturated rings. The molecule has 2 aromatic rings. The van der Waals surface area contributed by atoms with Gasteiger partial charge in [-0.25, -0.2) is 4.98 Å². The Morgan fingerprint density at radius 3 is 3.00 bits per heavy atom. The van der Waals surface area contributed by atoms with Gasteiger partial charge in [-0.1, -0.05) is 12.1 Å². The van der Waals surface area contributed by atoms with Crippen LogP contribution in [0, 0.1) is 0 Å². The van der Waals surface area contributed by atoms with Crippen molar-refractivity contribution in [3.05, 3.63) is 47.5 Å². The summed E-state index contributed by atoms with van der Waals surface area (Å²) in [5.74, 6) is 0.903. The lowest BCUT2D eigenvalue weighted by Gasteiger charge is -2.21. The minimum absolute atomic E-state index is 0.264. The predicted octanol–water partition coefficient (Wildman–Crippen LogP) is 2.73.